The minimum atomic E-state index is -0.208. The Bertz CT molecular complexity index is 475. The number of benzene rings is 1. The van der Waals surface area contributed by atoms with Crippen LogP contribution in [0.2, 0.25) is 5.02 Å². The summed E-state index contributed by atoms with van der Waals surface area (Å²) in [4.78, 5) is 16.2. The van der Waals surface area contributed by atoms with Crippen LogP contribution in [-0.2, 0) is 0 Å². The molecule has 0 bridgehead atoms. The number of hydrogen-bond donors (Lipinski definition) is 2. The molecule has 110 valence electrons. The quantitative estimate of drug-likeness (QED) is 0.871. The standard InChI is InChI=1S/C14H20ClN3O2/c1-17(8-9-18-6-4-16-5-7-18)14(20)12-10-11(15)2-3-13(12)19/h2-3,10,16,19H,4-9H2,1H3. The fourth-order valence-corrected chi connectivity index (χ4v) is 2.39. The number of rotatable bonds is 4. The molecule has 0 aliphatic carbocycles. The molecule has 0 atom stereocenters. The van der Waals surface area contributed by atoms with Gasteiger partial charge in [-0.1, -0.05) is 11.6 Å². The molecular weight excluding hydrogens is 278 g/mol. The van der Waals surface area contributed by atoms with Crippen molar-refractivity contribution in [2.45, 2.75) is 0 Å². The lowest BCUT2D eigenvalue weighted by atomic mass is 10.2. The molecule has 1 saturated heterocycles. The summed E-state index contributed by atoms with van der Waals surface area (Å²) in [5, 5.41) is 13.5. The van der Waals surface area contributed by atoms with Crippen LogP contribution < -0.4 is 5.32 Å². The van der Waals surface area contributed by atoms with Crippen LogP contribution in [0.4, 0.5) is 0 Å². The van der Waals surface area contributed by atoms with Gasteiger partial charge in [0.15, 0.2) is 0 Å². The first-order valence-electron chi connectivity index (χ1n) is 6.75. The molecule has 1 aliphatic heterocycles. The van der Waals surface area contributed by atoms with E-state index in [1.807, 2.05) is 0 Å². The molecule has 0 aromatic heterocycles. The maximum Gasteiger partial charge on any atom is 0.257 e. The summed E-state index contributed by atoms with van der Waals surface area (Å²) in [6.45, 7) is 5.46. The SMILES string of the molecule is CN(CCN1CCNCC1)C(=O)c1cc(Cl)ccc1O. The van der Waals surface area contributed by atoms with Crippen LogP contribution in [0.3, 0.4) is 0 Å². The molecule has 1 aliphatic rings. The molecule has 0 radical (unpaired) electrons. The van der Waals surface area contributed by atoms with E-state index in [0.29, 0.717) is 11.6 Å². The molecule has 2 N–H and O–H groups in total. The third kappa shape index (κ3) is 3.85. The van der Waals surface area contributed by atoms with Crippen LogP contribution in [0.5, 0.6) is 5.75 Å². The Hall–Kier alpha value is -1.30. The summed E-state index contributed by atoms with van der Waals surface area (Å²) in [5.74, 6) is -0.242. The number of carbonyl (C=O) groups excluding carboxylic acids is 1. The predicted molar refractivity (Wildman–Crippen MR) is 79.4 cm³/mol. The van der Waals surface area contributed by atoms with Gasteiger partial charge < -0.3 is 15.3 Å². The van der Waals surface area contributed by atoms with Gasteiger partial charge in [0.25, 0.3) is 5.91 Å². The topological polar surface area (TPSA) is 55.8 Å². The van der Waals surface area contributed by atoms with Crippen molar-refractivity contribution in [2.24, 2.45) is 0 Å². The van der Waals surface area contributed by atoms with E-state index in [1.165, 1.54) is 12.1 Å². The average Bonchev–Trinajstić information content (AvgIpc) is 2.47. The fraction of sp³-hybridized carbons (Fsp3) is 0.500. The van der Waals surface area contributed by atoms with Gasteiger partial charge in [-0.3, -0.25) is 9.69 Å². The van der Waals surface area contributed by atoms with E-state index in [0.717, 1.165) is 32.7 Å². The molecule has 0 unspecified atom stereocenters. The number of likely N-dealkylation sites (N-methyl/N-ethyl adjacent to an activating group) is 1. The van der Waals surface area contributed by atoms with E-state index in [1.54, 1.807) is 18.0 Å². The fourth-order valence-electron chi connectivity index (χ4n) is 2.21. The zero-order chi connectivity index (χ0) is 14.5. The highest BCUT2D eigenvalue weighted by Crippen LogP contribution is 2.22. The second-order valence-electron chi connectivity index (χ2n) is 4.98. The number of amides is 1. The third-order valence-corrected chi connectivity index (χ3v) is 3.73. The molecule has 0 saturated carbocycles. The van der Waals surface area contributed by atoms with Gasteiger partial charge in [-0.05, 0) is 18.2 Å². The largest absolute Gasteiger partial charge is 0.507 e. The van der Waals surface area contributed by atoms with Crippen LogP contribution in [0.15, 0.2) is 18.2 Å². The first-order chi connectivity index (χ1) is 9.58. The minimum Gasteiger partial charge on any atom is -0.507 e. The molecule has 6 heteroatoms. The van der Waals surface area contributed by atoms with Gasteiger partial charge in [0, 0.05) is 51.3 Å². The Morgan fingerprint density at radius 2 is 2.15 bits per heavy atom. The maximum absolute atomic E-state index is 12.3. The zero-order valence-electron chi connectivity index (χ0n) is 11.6. The Balaban J connectivity index is 1.92. The molecule has 1 aromatic rings. The summed E-state index contributed by atoms with van der Waals surface area (Å²) in [7, 11) is 1.74. The van der Waals surface area contributed by atoms with E-state index in [9.17, 15) is 9.90 Å². The molecule has 1 heterocycles. The highest BCUT2D eigenvalue weighted by Gasteiger charge is 2.17. The Kier molecular flexibility index (Phi) is 5.23. The molecule has 1 amide bonds. The van der Waals surface area contributed by atoms with Crippen molar-refractivity contribution < 1.29 is 9.90 Å². The summed E-state index contributed by atoms with van der Waals surface area (Å²) >= 11 is 5.87. The van der Waals surface area contributed by atoms with Gasteiger partial charge in [0.1, 0.15) is 5.75 Å². The molecule has 5 nitrogen and oxygen atoms in total. The number of nitrogens with one attached hydrogen (secondary N) is 1. The lowest BCUT2D eigenvalue weighted by Crippen LogP contribution is -2.46. The highest BCUT2D eigenvalue weighted by atomic mass is 35.5. The molecular formula is C14H20ClN3O2. The van der Waals surface area contributed by atoms with E-state index in [-0.39, 0.29) is 17.2 Å². The van der Waals surface area contributed by atoms with Crippen LogP contribution in [0.25, 0.3) is 0 Å². The summed E-state index contributed by atoms with van der Waals surface area (Å²) in [6, 6.07) is 4.51. The number of halogens is 1. The summed E-state index contributed by atoms with van der Waals surface area (Å²) < 4.78 is 0. The Labute approximate surface area is 124 Å². The predicted octanol–water partition coefficient (Wildman–Crippen LogP) is 1.02. The number of aromatic hydroxyl groups is 1. The number of carbonyl (C=O) groups is 1. The van der Waals surface area contributed by atoms with Crippen molar-refractivity contribution in [3.05, 3.63) is 28.8 Å². The number of hydrogen-bond acceptors (Lipinski definition) is 4. The van der Waals surface area contributed by atoms with Gasteiger partial charge in [-0.15, -0.1) is 0 Å². The van der Waals surface area contributed by atoms with Gasteiger partial charge in [-0.25, -0.2) is 0 Å². The highest BCUT2D eigenvalue weighted by molar-refractivity contribution is 6.31. The monoisotopic (exact) mass is 297 g/mol. The average molecular weight is 298 g/mol. The van der Waals surface area contributed by atoms with Crippen LogP contribution >= 0.6 is 11.6 Å². The van der Waals surface area contributed by atoms with Crippen LogP contribution in [-0.4, -0.2) is 67.1 Å². The van der Waals surface area contributed by atoms with Crippen LogP contribution in [0, 0.1) is 0 Å². The summed E-state index contributed by atoms with van der Waals surface area (Å²) in [6.07, 6.45) is 0. The maximum atomic E-state index is 12.3. The molecule has 0 spiro atoms. The zero-order valence-corrected chi connectivity index (χ0v) is 12.4. The summed E-state index contributed by atoms with van der Waals surface area (Å²) in [5.41, 5.74) is 0.250. The van der Waals surface area contributed by atoms with Crippen molar-refractivity contribution in [1.29, 1.82) is 0 Å². The second-order valence-corrected chi connectivity index (χ2v) is 5.42. The van der Waals surface area contributed by atoms with Crippen molar-refractivity contribution in [2.75, 3.05) is 46.3 Å². The first-order valence-corrected chi connectivity index (χ1v) is 7.13. The smallest absolute Gasteiger partial charge is 0.257 e. The van der Waals surface area contributed by atoms with E-state index >= 15 is 0 Å². The van der Waals surface area contributed by atoms with Crippen molar-refractivity contribution in [1.82, 2.24) is 15.1 Å². The molecule has 2 rings (SSSR count). The van der Waals surface area contributed by atoms with E-state index < -0.39 is 0 Å². The number of phenols is 1. The third-order valence-electron chi connectivity index (χ3n) is 3.50. The van der Waals surface area contributed by atoms with Crippen molar-refractivity contribution in [3.63, 3.8) is 0 Å². The first kappa shape index (κ1) is 15.1. The van der Waals surface area contributed by atoms with Gasteiger partial charge in [0.2, 0.25) is 0 Å². The molecule has 1 fully saturated rings. The van der Waals surface area contributed by atoms with Crippen LogP contribution in [0.1, 0.15) is 10.4 Å². The Morgan fingerprint density at radius 3 is 2.85 bits per heavy atom. The Morgan fingerprint density at radius 1 is 1.45 bits per heavy atom. The normalized spacial score (nSPS) is 16.1. The number of piperazine rings is 1. The lowest BCUT2D eigenvalue weighted by Gasteiger charge is -2.29. The molecule has 1 aromatic carbocycles. The van der Waals surface area contributed by atoms with E-state index in [4.69, 9.17) is 11.6 Å². The van der Waals surface area contributed by atoms with Gasteiger partial charge in [-0.2, -0.15) is 0 Å². The van der Waals surface area contributed by atoms with Crippen molar-refractivity contribution >= 4 is 17.5 Å². The van der Waals surface area contributed by atoms with E-state index in [2.05, 4.69) is 10.2 Å². The second kappa shape index (κ2) is 6.92. The number of nitrogens with zero attached hydrogens (tertiary/aromatic N) is 2. The lowest BCUT2D eigenvalue weighted by molar-refractivity contribution is 0.0772. The molecule has 20 heavy (non-hydrogen) atoms. The number of phenolic OH excluding ortho intramolecular Hbond substituents is 1. The minimum absolute atomic E-state index is 0.0339. The van der Waals surface area contributed by atoms with Crippen molar-refractivity contribution in [3.8, 4) is 5.75 Å². The van der Waals surface area contributed by atoms with Gasteiger partial charge >= 0.3 is 0 Å². The van der Waals surface area contributed by atoms with Gasteiger partial charge in [0.05, 0.1) is 5.56 Å².